The van der Waals surface area contributed by atoms with Crippen LogP contribution in [0.1, 0.15) is 31.0 Å². The highest BCUT2D eigenvalue weighted by Crippen LogP contribution is 2.43. The summed E-state index contributed by atoms with van der Waals surface area (Å²) < 4.78 is 49.9. The zero-order valence-corrected chi connectivity index (χ0v) is 22.3. The van der Waals surface area contributed by atoms with Crippen molar-refractivity contribution < 1.29 is 17.5 Å². The molecule has 1 saturated heterocycles. The number of benzene rings is 3. The Bertz CT molecular complexity index is 1750. The van der Waals surface area contributed by atoms with Gasteiger partial charge in [0.1, 0.15) is 5.82 Å². The number of hydrogen-bond acceptors (Lipinski definition) is 5. The summed E-state index contributed by atoms with van der Waals surface area (Å²) in [4.78, 5) is 0.180. The van der Waals surface area contributed by atoms with E-state index in [9.17, 15) is 12.8 Å². The summed E-state index contributed by atoms with van der Waals surface area (Å²) >= 11 is 0. The molecule has 1 aliphatic heterocycles. The van der Waals surface area contributed by atoms with Gasteiger partial charge in [-0.05, 0) is 54.1 Å². The fraction of sp³-hybridized carbons (Fsp3) is 0.276. The molecule has 3 heterocycles. The second-order valence-corrected chi connectivity index (χ2v) is 12.2. The Kier molecular flexibility index (Phi) is 5.90. The normalized spacial score (nSPS) is 14.8. The summed E-state index contributed by atoms with van der Waals surface area (Å²) in [5, 5.41) is 9.34. The van der Waals surface area contributed by atoms with E-state index in [1.165, 1.54) is 12.1 Å². The molecule has 2 aromatic heterocycles. The third-order valence-electron chi connectivity index (χ3n) is 7.35. The van der Waals surface area contributed by atoms with Crippen molar-refractivity contribution in [1.82, 2.24) is 19.1 Å². The van der Waals surface area contributed by atoms with E-state index in [0.717, 1.165) is 45.0 Å². The minimum atomic E-state index is -3.89. The highest BCUT2D eigenvalue weighted by Gasteiger charge is 2.36. The van der Waals surface area contributed by atoms with E-state index >= 15 is 0 Å². The summed E-state index contributed by atoms with van der Waals surface area (Å²) in [6, 6.07) is 18.7. The van der Waals surface area contributed by atoms with Crippen LogP contribution in [0, 0.1) is 5.82 Å². The molecule has 5 aromatic rings. The monoisotopic (exact) mass is 532 g/mol. The van der Waals surface area contributed by atoms with Gasteiger partial charge in [0.15, 0.2) is 0 Å². The van der Waals surface area contributed by atoms with E-state index in [1.54, 1.807) is 55.8 Å². The van der Waals surface area contributed by atoms with Crippen molar-refractivity contribution in [3.63, 3.8) is 0 Å². The average Bonchev–Trinajstić information content (AvgIpc) is 3.43. The summed E-state index contributed by atoms with van der Waals surface area (Å²) in [7, 11) is -2.20. The van der Waals surface area contributed by atoms with Crippen molar-refractivity contribution in [2.45, 2.75) is 30.1 Å². The molecule has 0 unspecified atom stereocenters. The van der Waals surface area contributed by atoms with Crippen molar-refractivity contribution in [1.29, 1.82) is 0 Å². The molecule has 3 aromatic carbocycles. The van der Waals surface area contributed by atoms with Crippen molar-refractivity contribution >= 4 is 31.8 Å². The lowest BCUT2D eigenvalue weighted by Crippen LogP contribution is -2.41. The molecule has 6 rings (SSSR count). The quantitative estimate of drug-likeness (QED) is 0.320. The predicted molar refractivity (Wildman–Crippen MR) is 146 cm³/mol. The van der Waals surface area contributed by atoms with Crippen LogP contribution in [0.5, 0.6) is 0 Å². The Morgan fingerprint density at radius 2 is 1.76 bits per heavy atom. The van der Waals surface area contributed by atoms with Crippen LogP contribution in [0.2, 0.25) is 0 Å². The zero-order chi connectivity index (χ0) is 26.7. The van der Waals surface area contributed by atoms with Crippen LogP contribution in [0.15, 0.2) is 77.8 Å². The van der Waals surface area contributed by atoms with Crippen LogP contribution >= 0.6 is 0 Å². The van der Waals surface area contributed by atoms with Gasteiger partial charge >= 0.3 is 0 Å². The number of methoxy groups -OCH3 is 1. The van der Waals surface area contributed by atoms with Crippen LogP contribution in [-0.2, 0) is 20.2 Å². The van der Waals surface area contributed by atoms with Gasteiger partial charge in [-0.25, -0.2) is 4.39 Å². The lowest BCUT2D eigenvalue weighted by Gasteiger charge is -2.34. The van der Waals surface area contributed by atoms with Gasteiger partial charge in [0.2, 0.25) is 0 Å². The molecule has 0 aliphatic carbocycles. The van der Waals surface area contributed by atoms with Crippen molar-refractivity contribution in [2.75, 3.05) is 26.8 Å². The number of halogens is 1. The van der Waals surface area contributed by atoms with E-state index in [4.69, 9.17) is 4.74 Å². The summed E-state index contributed by atoms with van der Waals surface area (Å²) in [6.45, 7) is 6.40. The summed E-state index contributed by atoms with van der Waals surface area (Å²) in [5.41, 5.74) is 4.10. The highest BCUT2D eigenvalue weighted by atomic mass is 32.2. The number of fused-ring (bicyclic) bond motifs is 2. The average molecular weight is 533 g/mol. The largest absolute Gasteiger partial charge is 0.384 e. The summed E-state index contributed by atoms with van der Waals surface area (Å²) in [6.07, 6.45) is 1.59. The molecule has 1 N–H and O–H groups in total. The number of hydrogen-bond donors (Lipinski definition) is 1. The Morgan fingerprint density at radius 3 is 2.39 bits per heavy atom. The second kappa shape index (κ2) is 9.04. The van der Waals surface area contributed by atoms with Crippen LogP contribution in [0.4, 0.5) is 4.39 Å². The van der Waals surface area contributed by atoms with Crippen molar-refractivity contribution in [3.05, 3.63) is 90.0 Å². The highest BCUT2D eigenvalue weighted by molar-refractivity contribution is 7.90. The molecule has 9 heteroatoms. The first kappa shape index (κ1) is 24.8. The summed E-state index contributed by atoms with van der Waals surface area (Å²) in [5.74, 6) is -0.0639. The second-order valence-electron chi connectivity index (χ2n) is 10.5. The van der Waals surface area contributed by atoms with E-state index in [-0.39, 0.29) is 22.0 Å². The fourth-order valence-electron chi connectivity index (χ4n) is 5.55. The first-order chi connectivity index (χ1) is 18.2. The Balaban J connectivity index is 1.70. The number of aromatic nitrogens is 3. The number of ether oxygens (including phenoxy) is 1. The molecule has 0 radical (unpaired) electrons. The first-order valence-electron chi connectivity index (χ1n) is 12.5. The standard InChI is InChI=1S/C29H29FN4O3S/c1-29(2,18-37-3)28-27(20-15-31-16-20)24-14-25-19(13-26(24)33(28)22-11-9-21(30)10-12-22)17-32-34(25)38(35,36)23-7-5-4-6-8-23/h4-14,17,20,31H,15-16,18H2,1-3H3. The van der Waals surface area contributed by atoms with Gasteiger partial charge in [-0.3, -0.25) is 0 Å². The molecule has 0 saturated carbocycles. The Morgan fingerprint density at radius 1 is 1.05 bits per heavy atom. The number of nitrogens with one attached hydrogen (secondary N) is 1. The van der Waals surface area contributed by atoms with Gasteiger partial charge < -0.3 is 14.6 Å². The lowest BCUT2D eigenvalue weighted by molar-refractivity contribution is 0.143. The van der Waals surface area contributed by atoms with E-state index < -0.39 is 10.0 Å². The maximum absolute atomic E-state index is 13.9. The van der Waals surface area contributed by atoms with Crippen LogP contribution in [0.3, 0.4) is 0 Å². The SMILES string of the molecule is COCC(C)(C)c1c(C2CNC2)c2cc3c(cnn3S(=O)(=O)c3ccccc3)cc2n1-c1ccc(F)cc1. The third kappa shape index (κ3) is 3.84. The zero-order valence-electron chi connectivity index (χ0n) is 21.5. The fourth-order valence-corrected chi connectivity index (χ4v) is 6.84. The molecule has 0 atom stereocenters. The van der Waals surface area contributed by atoms with E-state index in [1.807, 2.05) is 12.1 Å². The molecule has 1 aliphatic rings. The molecular formula is C29H29FN4O3S. The molecule has 196 valence electrons. The molecule has 0 spiro atoms. The predicted octanol–water partition coefficient (Wildman–Crippen LogP) is 4.97. The Hall–Kier alpha value is -3.53. The first-order valence-corrected chi connectivity index (χ1v) is 14.0. The van der Waals surface area contributed by atoms with Gasteiger partial charge in [-0.2, -0.15) is 17.6 Å². The van der Waals surface area contributed by atoms with Gasteiger partial charge in [-0.15, -0.1) is 0 Å². The Labute approximate surface area is 220 Å². The molecule has 0 amide bonds. The van der Waals surface area contributed by atoms with E-state index in [2.05, 4.69) is 28.8 Å². The van der Waals surface area contributed by atoms with Gasteiger partial charge in [0, 0.05) is 53.7 Å². The molecule has 0 bridgehead atoms. The smallest absolute Gasteiger partial charge is 0.283 e. The van der Waals surface area contributed by atoms with E-state index in [0.29, 0.717) is 17.5 Å². The lowest BCUT2D eigenvalue weighted by atomic mass is 9.81. The number of nitrogens with zero attached hydrogens (tertiary/aromatic N) is 3. The molecule has 38 heavy (non-hydrogen) atoms. The van der Waals surface area contributed by atoms with Gasteiger partial charge in [0.05, 0.1) is 28.7 Å². The number of rotatable bonds is 7. The van der Waals surface area contributed by atoms with Crippen molar-refractivity contribution in [3.8, 4) is 5.69 Å². The minimum Gasteiger partial charge on any atom is -0.384 e. The topological polar surface area (TPSA) is 78.2 Å². The molecule has 1 fully saturated rings. The third-order valence-corrected chi connectivity index (χ3v) is 8.97. The van der Waals surface area contributed by atoms with Gasteiger partial charge in [-0.1, -0.05) is 32.0 Å². The maximum atomic E-state index is 13.9. The van der Waals surface area contributed by atoms with Crippen molar-refractivity contribution in [2.24, 2.45) is 0 Å². The van der Waals surface area contributed by atoms with Crippen LogP contribution < -0.4 is 5.32 Å². The minimum absolute atomic E-state index is 0.180. The van der Waals surface area contributed by atoms with Crippen LogP contribution in [0.25, 0.3) is 27.5 Å². The molecule has 7 nitrogen and oxygen atoms in total. The van der Waals surface area contributed by atoms with Gasteiger partial charge in [0.25, 0.3) is 10.0 Å². The maximum Gasteiger partial charge on any atom is 0.283 e. The molecular weight excluding hydrogens is 503 g/mol. The van der Waals surface area contributed by atoms with Crippen LogP contribution in [-0.4, -0.2) is 49.0 Å².